The summed E-state index contributed by atoms with van der Waals surface area (Å²) >= 11 is 0. The van der Waals surface area contributed by atoms with E-state index in [0.717, 1.165) is 11.6 Å². The van der Waals surface area contributed by atoms with Crippen LogP contribution in [0.3, 0.4) is 0 Å². The molecule has 0 aliphatic heterocycles. The molecule has 49 heavy (non-hydrogen) atoms. The van der Waals surface area contributed by atoms with Crippen molar-refractivity contribution in [3.05, 3.63) is 94.0 Å². The molecule has 15 heteroatoms. The van der Waals surface area contributed by atoms with Gasteiger partial charge in [0, 0.05) is 31.7 Å². The van der Waals surface area contributed by atoms with Crippen molar-refractivity contribution >= 4 is 40.4 Å². The zero-order chi connectivity index (χ0) is 34.9. The first-order valence-corrected chi connectivity index (χ1v) is 20.9. The van der Waals surface area contributed by atoms with E-state index in [4.69, 9.17) is 19.0 Å². The van der Waals surface area contributed by atoms with Gasteiger partial charge in [-0.2, -0.15) is 10.4 Å². The topological polar surface area (TPSA) is 167 Å². The number of nitro groups is 1. The summed E-state index contributed by atoms with van der Waals surface area (Å²) in [4.78, 5) is 15.0. The highest BCUT2D eigenvalue weighted by Gasteiger charge is 2.40. The van der Waals surface area contributed by atoms with Gasteiger partial charge in [0.2, 0.25) is 0 Å². The number of hydrogen-bond acceptors (Lipinski definition) is 10. The third-order valence-electron chi connectivity index (χ3n) is 8.63. The van der Waals surface area contributed by atoms with Crippen molar-refractivity contribution in [1.29, 1.82) is 5.26 Å². The van der Waals surface area contributed by atoms with Gasteiger partial charge in [-0.3, -0.25) is 14.4 Å². The van der Waals surface area contributed by atoms with E-state index in [1.807, 2.05) is 0 Å². The molecule has 0 amide bonds. The molecule has 1 atom stereocenters. The lowest BCUT2D eigenvalue weighted by Gasteiger charge is -2.37. The molecular formula is C34H36N6O7SSi. The fraction of sp³-hybridized carbons (Fsp3) is 0.324. The first-order chi connectivity index (χ1) is 23.4. The van der Waals surface area contributed by atoms with E-state index in [2.05, 4.69) is 30.7 Å². The minimum absolute atomic E-state index is 0.170. The highest BCUT2D eigenvalue weighted by molar-refractivity contribution is 7.93. The lowest BCUT2D eigenvalue weighted by Crippen LogP contribution is -2.37. The Bertz CT molecular complexity index is 2170. The average Bonchev–Trinajstić information content (AvgIpc) is 3.74. The summed E-state index contributed by atoms with van der Waals surface area (Å²) in [7, 11) is -4.41. The molecule has 13 nitrogen and oxygen atoms in total. The summed E-state index contributed by atoms with van der Waals surface area (Å²) in [5.74, 6) is 0.777. The number of ether oxygens (including phenoxy) is 2. The highest BCUT2D eigenvalue weighted by Crippen LogP contribution is 2.46. The standard InChI is InChI=1S/C34H36N6O7SSi/c1-45-34-23(19-35)12-14-25-26(34)8-7-10-29(25)39(48(43,44)32-11-6-5-9-30(32)40(41)42)24-13-15-28-27(18-24)33(31-20-36-21-47-31)37-38(28)22-46-16-17-49(2,3)4/h5-6,9,11-15,18,20-21,29H,7-8,10,16-17,22H2,1-4H3. The predicted molar refractivity (Wildman–Crippen MR) is 185 cm³/mol. The second-order valence-corrected chi connectivity index (χ2v) is 20.4. The maximum Gasteiger partial charge on any atom is 0.289 e. The minimum atomic E-state index is -4.57. The largest absolute Gasteiger partial charge is 0.495 e. The van der Waals surface area contributed by atoms with Gasteiger partial charge < -0.3 is 13.9 Å². The van der Waals surface area contributed by atoms with Crippen molar-refractivity contribution < 1.29 is 27.2 Å². The molecule has 1 aliphatic carbocycles. The van der Waals surface area contributed by atoms with Gasteiger partial charge in [-0.05, 0) is 61.2 Å². The molecule has 2 heterocycles. The molecule has 0 radical (unpaired) electrons. The lowest BCUT2D eigenvalue weighted by atomic mass is 9.85. The SMILES string of the molecule is COc1c(C#N)ccc2c1CCCC2N(c1ccc2c(c1)c(-c1cnco1)nn2COCC[Si](C)(C)C)S(=O)(=O)c1ccccc1[N+](=O)[O-]. The van der Waals surface area contributed by atoms with Crippen molar-refractivity contribution in [2.75, 3.05) is 18.0 Å². The molecule has 1 unspecified atom stereocenters. The van der Waals surface area contributed by atoms with Gasteiger partial charge in [0.25, 0.3) is 15.7 Å². The smallest absolute Gasteiger partial charge is 0.289 e. The van der Waals surface area contributed by atoms with Crippen molar-refractivity contribution in [2.45, 2.75) is 62.6 Å². The van der Waals surface area contributed by atoms with Gasteiger partial charge in [-0.1, -0.05) is 37.8 Å². The quantitative estimate of drug-likeness (QED) is 0.0569. The van der Waals surface area contributed by atoms with E-state index in [9.17, 15) is 23.8 Å². The molecule has 1 aliphatic rings. The zero-order valence-corrected chi connectivity index (χ0v) is 29.4. The Morgan fingerprint density at radius 1 is 1.18 bits per heavy atom. The van der Waals surface area contributed by atoms with Crippen LogP contribution in [0.15, 0.2) is 76.5 Å². The van der Waals surface area contributed by atoms with Crippen LogP contribution >= 0.6 is 0 Å². The number of hydrogen-bond donors (Lipinski definition) is 0. The van der Waals surface area contributed by atoms with E-state index in [0.29, 0.717) is 65.1 Å². The second kappa shape index (κ2) is 13.5. The molecule has 0 fully saturated rings. The fourth-order valence-electron chi connectivity index (χ4n) is 6.27. The third kappa shape index (κ3) is 6.54. The number of aromatic nitrogens is 3. The van der Waals surface area contributed by atoms with Crippen molar-refractivity contribution in [3.8, 4) is 23.3 Å². The Hall–Kier alpha value is -5.04. The number of oxazole rings is 1. The Kier molecular flexibility index (Phi) is 9.30. The number of para-hydroxylation sites is 1. The normalized spacial score (nSPS) is 14.7. The van der Waals surface area contributed by atoms with E-state index >= 15 is 0 Å². The van der Waals surface area contributed by atoms with Crippen LogP contribution in [0.1, 0.15) is 35.6 Å². The van der Waals surface area contributed by atoms with Gasteiger partial charge in [0.15, 0.2) is 17.0 Å². The van der Waals surface area contributed by atoms with Crippen molar-refractivity contribution in [1.82, 2.24) is 14.8 Å². The minimum Gasteiger partial charge on any atom is -0.495 e. The lowest BCUT2D eigenvalue weighted by molar-refractivity contribution is -0.387. The number of nitrogens with zero attached hydrogens (tertiary/aromatic N) is 6. The number of nitro benzene ring substituents is 1. The first-order valence-electron chi connectivity index (χ1n) is 15.8. The van der Waals surface area contributed by atoms with E-state index in [-0.39, 0.29) is 12.4 Å². The summed E-state index contributed by atoms with van der Waals surface area (Å²) in [6, 6.07) is 16.2. The summed E-state index contributed by atoms with van der Waals surface area (Å²) in [6.45, 7) is 7.57. The van der Waals surface area contributed by atoms with Crippen LogP contribution in [0.2, 0.25) is 25.7 Å². The number of nitriles is 1. The summed E-state index contributed by atoms with van der Waals surface area (Å²) in [5.41, 5.74) is 2.58. The Balaban J connectivity index is 1.55. The van der Waals surface area contributed by atoms with Gasteiger partial charge >= 0.3 is 0 Å². The number of rotatable bonds is 12. The molecule has 254 valence electrons. The molecule has 0 N–H and O–H groups in total. The molecule has 0 saturated carbocycles. The number of fused-ring (bicyclic) bond motifs is 2. The maximum absolute atomic E-state index is 14.8. The van der Waals surface area contributed by atoms with Crippen LogP contribution in [0, 0.1) is 21.4 Å². The van der Waals surface area contributed by atoms with Gasteiger partial charge in [-0.25, -0.2) is 18.1 Å². The number of sulfonamides is 1. The van der Waals surface area contributed by atoms with E-state index < -0.39 is 39.6 Å². The van der Waals surface area contributed by atoms with Crippen LogP contribution in [0.25, 0.3) is 22.4 Å². The van der Waals surface area contributed by atoms with Gasteiger partial charge in [0.1, 0.15) is 24.2 Å². The monoisotopic (exact) mass is 700 g/mol. The van der Waals surface area contributed by atoms with Gasteiger partial charge in [0.05, 0.1) is 41.0 Å². The van der Waals surface area contributed by atoms with Crippen LogP contribution in [-0.2, 0) is 27.9 Å². The molecule has 0 spiro atoms. The Morgan fingerprint density at radius 3 is 2.67 bits per heavy atom. The predicted octanol–water partition coefficient (Wildman–Crippen LogP) is 7.06. The summed E-state index contributed by atoms with van der Waals surface area (Å²) in [6.07, 6.45) is 4.40. The number of benzene rings is 3. The fourth-order valence-corrected chi connectivity index (χ4v) is 8.84. The summed E-state index contributed by atoms with van der Waals surface area (Å²) < 4.78 is 49.9. The van der Waals surface area contributed by atoms with Crippen LogP contribution in [0.4, 0.5) is 11.4 Å². The second-order valence-electron chi connectivity index (χ2n) is 13.0. The maximum atomic E-state index is 14.8. The highest BCUT2D eigenvalue weighted by atomic mass is 32.2. The zero-order valence-electron chi connectivity index (χ0n) is 27.6. The van der Waals surface area contributed by atoms with Crippen molar-refractivity contribution in [2.24, 2.45) is 0 Å². The first kappa shape index (κ1) is 33.8. The molecule has 0 bridgehead atoms. The Labute approximate surface area is 284 Å². The number of anilines is 1. The van der Waals surface area contributed by atoms with E-state index in [1.54, 1.807) is 35.0 Å². The molecule has 3 aromatic carbocycles. The van der Waals surface area contributed by atoms with Crippen LogP contribution in [-0.4, -0.2) is 49.9 Å². The molecule has 6 rings (SSSR count). The number of methoxy groups -OCH3 is 1. The average molecular weight is 701 g/mol. The molecule has 0 saturated heterocycles. The Morgan fingerprint density at radius 2 is 1.98 bits per heavy atom. The molecule has 2 aromatic heterocycles. The van der Waals surface area contributed by atoms with Crippen LogP contribution < -0.4 is 9.04 Å². The third-order valence-corrected chi connectivity index (χ3v) is 12.2. The van der Waals surface area contributed by atoms with E-state index in [1.165, 1.54) is 48.3 Å². The van der Waals surface area contributed by atoms with Crippen LogP contribution in [0.5, 0.6) is 5.75 Å². The van der Waals surface area contributed by atoms with Gasteiger partial charge in [-0.15, -0.1) is 0 Å². The molecule has 5 aromatic rings. The summed E-state index contributed by atoms with van der Waals surface area (Å²) in [5, 5.41) is 27.2. The van der Waals surface area contributed by atoms with Crippen molar-refractivity contribution in [3.63, 3.8) is 0 Å². The molecular weight excluding hydrogens is 665 g/mol.